The summed E-state index contributed by atoms with van der Waals surface area (Å²) in [6, 6.07) is 19.6. The molecule has 4 rings (SSSR count). The van der Waals surface area contributed by atoms with E-state index in [9.17, 15) is 4.79 Å². The highest BCUT2D eigenvalue weighted by Crippen LogP contribution is 2.29. The molecule has 132 valence electrons. The lowest BCUT2D eigenvalue weighted by atomic mass is 10.00. The Morgan fingerprint density at radius 3 is 2.54 bits per heavy atom. The van der Waals surface area contributed by atoms with Crippen molar-refractivity contribution in [3.63, 3.8) is 0 Å². The zero-order valence-corrected chi connectivity index (χ0v) is 14.8. The quantitative estimate of drug-likeness (QED) is 0.760. The van der Waals surface area contributed by atoms with Gasteiger partial charge in [-0.25, -0.2) is 0 Å². The molecule has 5 nitrogen and oxygen atoms in total. The van der Waals surface area contributed by atoms with Crippen LogP contribution in [0.3, 0.4) is 0 Å². The molecular formula is C21H22N4O. The van der Waals surface area contributed by atoms with E-state index in [1.807, 2.05) is 55.5 Å². The Morgan fingerprint density at radius 2 is 1.81 bits per heavy atom. The van der Waals surface area contributed by atoms with Crippen molar-refractivity contribution in [3.05, 3.63) is 71.9 Å². The van der Waals surface area contributed by atoms with Crippen LogP contribution in [0.2, 0.25) is 0 Å². The molecule has 1 unspecified atom stereocenters. The maximum absolute atomic E-state index is 12.6. The van der Waals surface area contributed by atoms with Gasteiger partial charge in [-0.1, -0.05) is 48.5 Å². The van der Waals surface area contributed by atoms with Crippen molar-refractivity contribution in [1.29, 1.82) is 0 Å². The van der Waals surface area contributed by atoms with E-state index in [-0.39, 0.29) is 11.9 Å². The van der Waals surface area contributed by atoms with E-state index in [0.29, 0.717) is 0 Å². The Balaban J connectivity index is 1.51. The van der Waals surface area contributed by atoms with Gasteiger partial charge in [-0.15, -0.1) is 0 Å². The number of benzene rings is 2. The number of H-pyrrole nitrogens is 1. The van der Waals surface area contributed by atoms with E-state index in [1.54, 1.807) is 0 Å². The second-order valence-electron chi connectivity index (χ2n) is 6.65. The Bertz CT molecular complexity index is 889. The minimum atomic E-state index is -0.207. The molecule has 2 aromatic carbocycles. The van der Waals surface area contributed by atoms with Gasteiger partial charge in [0.15, 0.2) is 0 Å². The van der Waals surface area contributed by atoms with Crippen LogP contribution in [-0.2, 0) is 17.8 Å². The highest BCUT2D eigenvalue weighted by atomic mass is 16.2. The van der Waals surface area contributed by atoms with E-state index in [4.69, 9.17) is 0 Å². The minimum absolute atomic E-state index is 0.0180. The van der Waals surface area contributed by atoms with Crippen LogP contribution in [0.4, 0.5) is 5.69 Å². The van der Waals surface area contributed by atoms with E-state index < -0.39 is 0 Å². The van der Waals surface area contributed by atoms with Crippen molar-refractivity contribution >= 4 is 11.6 Å². The topological polar surface area (TPSA) is 61.0 Å². The van der Waals surface area contributed by atoms with E-state index in [0.717, 1.165) is 36.5 Å². The molecule has 3 aromatic rings. The predicted molar refractivity (Wildman–Crippen MR) is 103 cm³/mol. The number of nitrogens with one attached hydrogen (secondary N) is 2. The van der Waals surface area contributed by atoms with Crippen molar-refractivity contribution in [2.24, 2.45) is 0 Å². The van der Waals surface area contributed by atoms with Gasteiger partial charge >= 0.3 is 0 Å². The van der Waals surface area contributed by atoms with Gasteiger partial charge in [0.05, 0.1) is 11.7 Å². The molecule has 0 aliphatic carbocycles. The van der Waals surface area contributed by atoms with E-state index >= 15 is 0 Å². The van der Waals surface area contributed by atoms with Crippen LogP contribution in [0.1, 0.15) is 18.2 Å². The minimum Gasteiger partial charge on any atom is -0.325 e. The molecule has 0 bridgehead atoms. The number of para-hydroxylation sites is 1. The molecule has 5 heteroatoms. The first kappa shape index (κ1) is 16.5. The highest BCUT2D eigenvalue weighted by Gasteiger charge is 2.28. The van der Waals surface area contributed by atoms with Gasteiger partial charge in [0.2, 0.25) is 5.91 Å². The zero-order chi connectivity index (χ0) is 17.9. The standard InChI is InChI=1S/C21H22N4O/c1-15(21(26)22-17-10-6-3-7-11-17)25-13-12-19-18(14-25)20(24-23-19)16-8-4-2-5-9-16/h2-11,15H,12-14H2,1H3,(H,22,26)(H,23,24). The summed E-state index contributed by atoms with van der Waals surface area (Å²) in [6.07, 6.45) is 0.873. The first-order chi connectivity index (χ1) is 12.7. The van der Waals surface area contributed by atoms with Gasteiger partial charge in [-0.3, -0.25) is 14.8 Å². The number of hydrogen-bond donors (Lipinski definition) is 2. The lowest BCUT2D eigenvalue weighted by molar-refractivity contribution is -0.121. The van der Waals surface area contributed by atoms with Crippen LogP contribution in [0, 0.1) is 0 Å². The van der Waals surface area contributed by atoms with Crippen LogP contribution < -0.4 is 5.32 Å². The summed E-state index contributed by atoms with van der Waals surface area (Å²) in [5, 5.41) is 10.7. The van der Waals surface area contributed by atoms with Crippen molar-refractivity contribution in [2.45, 2.75) is 25.9 Å². The summed E-state index contributed by atoms with van der Waals surface area (Å²) in [7, 11) is 0. The Labute approximate surface area is 153 Å². The third kappa shape index (κ3) is 3.26. The van der Waals surface area contributed by atoms with Crippen molar-refractivity contribution in [2.75, 3.05) is 11.9 Å². The third-order valence-corrected chi connectivity index (χ3v) is 4.98. The summed E-state index contributed by atoms with van der Waals surface area (Å²) >= 11 is 0. The predicted octanol–water partition coefficient (Wildman–Crippen LogP) is 3.46. The SMILES string of the molecule is CC(C(=O)Nc1ccccc1)N1CCc2[nH]nc(-c3ccccc3)c2C1. The number of aromatic amines is 1. The number of nitrogens with zero attached hydrogens (tertiary/aromatic N) is 2. The second-order valence-corrected chi connectivity index (χ2v) is 6.65. The molecule has 1 aliphatic heterocycles. The highest BCUT2D eigenvalue weighted by molar-refractivity contribution is 5.94. The van der Waals surface area contributed by atoms with Crippen LogP contribution in [0.5, 0.6) is 0 Å². The van der Waals surface area contributed by atoms with Gasteiger partial charge in [0.1, 0.15) is 0 Å². The van der Waals surface area contributed by atoms with E-state index in [1.165, 1.54) is 11.3 Å². The molecule has 1 aromatic heterocycles. The van der Waals surface area contributed by atoms with Gasteiger partial charge in [-0.2, -0.15) is 5.10 Å². The number of anilines is 1. The molecule has 0 radical (unpaired) electrons. The molecule has 0 fully saturated rings. The smallest absolute Gasteiger partial charge is 0.241 e. The molecule has 1 aliphatic rings. The van der Waals surface area contributed by atoms with Gasteiger partial charge in [-0.05, 0) is 19.1 Å². The number of aromatic nitrogens is 2. The fourth-order valence-corrected chi connectivity index (χ4v) is 3.42. The summed E-state index contributed by atoms with van der Waals surface area (Å²) in [4.78, 5) is 14.9. The lowest BCUT2D eigenvalue weighted by Gasteiger charge is -2.31. The monoisotopic (exact) mass is 346 g/mol. The Hall–Kier alpha value is -2.92. The number of carbonyl (C=O) groups excluding carboxylic acids is 1. The maximum atomic E-state index is 12.6. The second kappa shape index (κ2) is 7.14. The number of amides is 1. The van der Waals surface area contributed by atoms with Crippen LogP contribution >= 0.6 is 0 Å². The van der Waals surface area contributed by atoms with Crippen molar-refractivity contribution in [1.82, 2.24) is 15.1 Å². The number of fused-ring (bicyclic) bond motifs is 1. The Morgan fingerprint density at radius 1 is 1.12 bits per heavy atom. The van der Waals surface area contributed by atoms with Crippen LogP contribution in [0.25, 0.3) is 11.3 Å². The van der Waals surface area contributed by atoms with Gasteiger partial charge in [0.25, 0.3) is 0 Å². The average molecular weight is 346 g/mol. The summed E-state index contributed by atoms with van der Waals surface area (Å²) in [6.45, 7) is 3.53. The molecule has 1 atom stereocenters. The Kier molecular flexibility index (Phi) is 4.54. The molecule has 0 saturated heterocycles. The van der Waals surface area contributed by atoms with Gasteiger partial charge in [0, 0.05) is 42.0 Å². The number of hydrogen-bond acceptors (Lipinski definition) is 3. The van der Waals surface area contributed by atoms with Crippen LogP contribution in [0.15, 0.2) is 60.7 Å². The van der Waals surface area contributed by atoms with Gasteiger partial charge < -0.3 is 5.32 Å². The summed E-state index contributed by atoms with van der Waals surface area (Å²) < 4.78 is 0. The summed E-state index contributed by atoms with van der Waals surface area (Å²) in [5.41, 5.74) is 5.29. The van der Waals surface area contributed by atoms with E-state index in [2.05, 4.69) is 32.5 Å². The first-order valence-electron chi connectivity index (χ1n) is 8.94. The zero-order valence-electron chi connectivity index (χ0n) is 14.8. The molecule has 2 N–H and O–H groups in total. The molecule has 26 heavy (non-hydrogen) atoms. The van der Waals surface area contributed by atoms with Crippen LogP contribution in [-0.4, -0.2) is 33.6 Å². The molecule has 2 heterocycles. The molecule has 0 spiro atoms. The number of carbonyl (C=O) groups is 1. The van der Waals surface area contributed by atoms with Crippen molar-refractivity contribution < 1.29 is 4.79 Å². The molecular weight excluding hydrogens is 324 g/mol. The normalized spacial score (nSPS) is 15.3. The molecule has 1 amide bonds. The number of rotatable bonds is 4. The average Bonchev–Trinajstić information content (AvgIpc) is 3.12. The third-order valence-electron chi connectivity index (χ3n) is 4.98. The fourth-order valence-electron chi connectivity index (χ4n) is 3.42. The van der Waals surface area contributed by atoms with Crippen molar-refractivity contribution in [3.8, 4) is 11.3 Å². The summed E-state index contributed by atoms with van der Waals surface area (Å²) in [5.74, 6) is 0.0180. The molecule has 0 saturated carbocycles. The largest absolute Gasteiger partial charge is 0.325 e. The lowest BCUT2D eigenvalue weighted by Crippen LogP contribution is -2.44. The first-order valence-corrected chi connectivity index (χ1v) is 8.94. The fraction of sp³-hybridized carbons (Fsp3) is 0.238. The maximum Gasteiger partial charge on any atom is 0.241 e.